The largest absolute Gasteiger partial charge is 0.381 e. The maximum Gasteiger partial charge on any atom is 0.271 e. The summed E-state index contributed by atoms with van der Waals surface area (Å²) in [4.78, 5) is 24.9. The topological polar surface area (TPSA) is 97.7 Å². The number of allylic oxidation sites excluding steroid dienone is 1. The van der Waals surface area contributed by atoms with Crippen LogP contribution in [0, 0.1) is 0 Å². The summed E-state index contributed by atoms with van der Waals surface area (Å²) in [6, 6.07) is 7.61. The molecule has 0 fully saturated rings. The lowest BCUT2D eigenvalue weighted by atomic mass is 10.2. The molecule has 0 saturated heterocycles. The summed E-state index contributed by atoms with van der Waals surface area (Å²) in [5.41, 5.74) is 9.24. The van der Waals surface area contributed by atoms with Crippen molar-refractivity contribution in [2.75, 3.05) is 19.3 Å². The molecule has 3 aromatic rings. The number of hydrogen-bond acceptors (Lipinski definition) is 5. The lowest BCUT2D eigenvalue weighted by Crippen LogP contribution is -2.27. The summed E-state index contributed by atoms with van der Waals surface area (Å²) in [5, 5.41) is 2.80. The van der Waals surface area contributed by atoms with Crippen LogP contribution in [-0.2, 0) is 0 Å². The smallest absolute Gasteiger partial charge is 0.271 e. The fourth-order valence-corrected chi connectivity index (χ4v) is 2.44. The predicted octanol–water partition coefficient (Wildman–Crippen LogP) is 2.01. The van der Waals surface area contributed by atoms with Gasteiger partial charge in [0.25, 0.3) is 5.91 Å². The van der Waals surface area contributed by atoms with E-state index in [2.05, 4.69) is 26.9 Å². The van der Waals surface area contributed by atoms with E-state index in [0.29, 0.717) is 12.2 Å². The Morgan fingerprint density at radius 1 is 1.40 bits per heavy atom. The van der Waals surface area contributed by atoms with E-state index in [1.807, 2.05) is 24.3 Å². The summed E-state index contributed by atoms with van der Waals surface area (Å²) in [7, 11) is 1.67. The monoisotopic (exact) mass is 334 g/mol. The fourth-order valence-electron chi connectivity index (χ4n) is 2.44. The Morgan fingerprint density at radius 3 is 2.96 bits per heavy atom. The summed E-state index contributed by atoms with van der Waals surface area (Å²) in [6.07, 6.45) is 6.72. The molecule has 25 heavy (non-hydrogen) atoms. The van der Waals surface area contributed by atoms with Crippen LogP contribution in [0.4, 0.5) is 5.82 Å². The molecule has 2 aromatic heterocycles. The van der Waals surface area contributed by atoms with E-state index < -0.39 is 0 Å². The standard InChI is InChI=1S/C18H18N6O/c1-3-12(8-9-20-2)10-21-18(25)14-11-24-15-7-5-4-6-13(15)23-17(24)16(19)22-14/h3-9,11H,1,10H2,2H3,(H2,19,22)(H,21,25)/b12-8+,20-9?. The predicted molar refractivity (Wildman–Crippen MR) is 99.9 cm³/mol. The van der Waals surface area contributed by atoms with E-state index in [9.17, 15) is 4.79 Å². The van der Waals surface area contributed by atoms with Crippen molar-refractivity contribution in [2.45, 2.75) is 0 Å². The molecule has 2 heterocycles. The number of amides is 1. The van der Waals surface area contributed by atoms with E-state index in [-0.39, 0.29) is 17.4 Å². The molecule has 0 aliphatic rings. The van der Waals surface area contributed by atoms with Crippen molar-refractivity contribution in [1.82, 2.24) is 19.7 Å². The molecule has 1 aromatic carbocycles. The minimum Gasteiger partial charge on any atom is -0.381 e. The highest BCUT2D eigenvalue weighted by atomic mass is 16.1. The number of aromatic nitrogens is 3. The lowest BCUT2D eigenvalue weighted by molar-refractivity contribution is 0.0952. The van der Waals surface area contributed by atoms with E-state index in [1.54, 1.807) is 36.0 Å². The van der Waals surface area contributed by atoms with Crippen LogP contribution in [0.1, 0.15) is 10.5 Å². The fraction of sp³-hybridized carbons (Fsp3) is 0.111. The molecule has 3 rings (SSSR count). The summed E-state index contributed by atoms with van der Waals surface area (Å²) >= 11 is 0. The van der Waals surface area contributed by atoms with E-state index in [1.165, 1.54) is 0 Å². The average molecular weight is 334 g/mol. The molecule has 1 amide bonds. The number of nitrogens with two attached hydrogens (primary N) is 1. The van der Waals surface area contributed by atoms with Gasteiger partial charge in [0.2, 0.25) is 0 Å². The highest BCUT2D eigenvalue weighted by Crippen LogP contribution is 2.19. The Labute approximate surface area is 144 Å². The van der Waals surface area contributed by atoms with Crippen molar-refractivity contribution in [3.63, 3.8) is 0 Å². The number of para-hydroxylation sites is 2. The van der Waals surface area contributed by atoms with E-state index >= 15 is 0 Å². The number of anilines is 1. The van der Waals surface area contributed by atoms with Crippen molar-refractivity contribution in [1.29, 1.82) is 0 Å². The van der Waals surface area contributed by atoms with Gasteiger partial charge in [-0.15, -0.1) is 0 Å². The lowest BCUT2D eigenvalue weighted by Gasteiger charge is -2.07. The van der Waals surface area contributed by atoms with Gasteiger partial charge in [-0.25, -0.2) is 9.97 Å². The first-order valence-corrected chi connectivity index (χ1v) is 7.69. The molecule has 0 unspecified atom stereocenters. The first-order chi connectivity index (χ1) is 12.1. The summed E-state index contributed by atoms with van der Waals surface area (Å²) < 4.78 is 1.78. The molecule has 0 aliphatic heterocycles. The van der Waals surface area contributed by atoms with Gasteiger partial charge in [0.15, 0.2) is 11.5 Å². The van der Waals surface area contributed by atoms with Crippen LogP contribution in [0.2, 0.25) is 0 Å². The molecular weight excluding hydrogens is 316 g/mol. The third-order valence-corrected chi connectivity index (χ3v) is 3.70. The van der Waals surface area contributed by atoms with Crippen molar-refractivity contribution in [2.24, 2.45) is 4.99 Å². The average Bonchev–Trinajstić information content (AvgIpc) is 3.01. The SMILES string of the molecule is C=C/C(=C\C=NC)CNC(=O)c1cn2c(nc3ccccc32)c(N)n1. The number of imidazole rings is 1. The van der Waals surface area contributed by atoms with Crippen LogP contribution in [0.3, 0.4) is 0 Å². The van der Waals surface area contributed by atoms with Gasteiger partial charge in [0.1, 0.15) is 5.69 Å². The van der Waals surface area contributed by atoms with Crippen LogP contribution in [0.25, 0.3) is 16.7 Å². The molecule has 0 spiro atoms. The van der Waals surface area contributed by atoms with Crippen LogP contribution in [0.5, 0.6) is 0 Å². The number of hydrogen-bond donors (Lipinski definition) is 2. The first kappa shape index (κ1) is 16.4. The minimum absolute atomic E-state index is 0.210. The molecule has 0 bridgehead atoms. The number of aliphatic imine (C=N–C) groups is 1. The van der Waals surface area contributed by atoms with E-state index in [4.69, 9.17) is 5.73 Å². The van der Waals surface area contributed by atoms with Crippen molar-refractivity contribution >= 4 is 34.6 Å². The highest BCUT2D eigenvalue weighted by molar-refractivity contribution is 5.94. The molecule has 0 aliphatic carbocycles. The Bertz CT molecular complexity index is 1020. The second-order valence-corrected chi connectivity index (χ2v) is 5.34. The second-order valence-electron chi connectivity index (χ2n) is 5.34. The number of nitrogen functional groups attached to an aromatic ring is 1. The number of carbonyl (C=O) groups excluding carboxylic acids is 1. The second kappa shape index (κ2) is 6.96. The van der Waals surface area contributed by atoms with Gasteiger partial charge in [0, 0.05) is 26.0 Å². The number of nitrogens with one attached hydrogen (secondary N) is 1. The van der Waals surface area contributed by atoms with Gasteiger partial charge in [0.05, 0.1) is 11.0 Å². The summed E-state index contributed by atoms with van der Waals surface area (Å²) in [5.74, 6) is -0.117. The zero-order valence-corrected chi connectivity index (χ0v) is 13.8. The third kappa shape index (κ3) is 3.25. The molecule has 3 N–H and O–H groups in total. The van der Waals surface area contributed by atoms with Crippen LogP contribution >= 0.6 is 0 Å². The number of benzene rings is 1. The third-order valence-electron chi connectivity index (χ3n) is 3.70. The van der Waals surface area contributed by atoms with Gasteiger partial charge in [-0.1, -0.05) is 24.8 Å². The number of fused-ring (bicyclic) bond motifs is 3. The highest BCUT2D eigenvalue weighted by Gasteiger charge is 2.14. The zero-order valence-electron chi connectivity index (χ0n) is 13.8. The normalized spacial score (nSPS) is 12.1. The molecule has 0 saturated carbocycles. The molecule has 7 nitrogen and oxygen atoms in total. The van der Waals surface area contributed by atoms with Gasteiger partial charge in [-0.2, -0.15) is 0 Å². The molecule has 7 heteroatoms. The Balaban J connectivity index is 1.91. The molecule has 0 radical (unpaired) electrons. The molecule has 0 atom stereocenters. The molecular formula is C18H18N6O. The van der Waals surface area contributed by atoms with Crippen molar-refractivity contribution < 1.29 is 4.79 Å². The molecule has 126 valence electrons. The van der Waals surface area contributed by atoms with Gasteiger partial charge in [-0.3, -0.25) is 14.2 Å². The quantitative estimate of drug-likeness (QED) is 0.551. The van der Waals surface area contributed by atoms with Crippen LogP contribution in [-0.4, -0.2) is 40.1 Å². The van der Waals surface area contributed by atoms with Gasteiger partial charge >= 0.3 is 0 Å². The Hall–Kier alpha value is -3.48. The number of carbonyl (C=O) groups is 1. The van der Waals surface area contributed by atoms with Gasteiger partial charge < -0.3 is 11.1 Å². The van der Waals surface area contributed by atoms with Crippen LogP contribution in [0.15, 0.2) is 59.8 Å². The maximum atomic E-state index is 12.4. The zero-order chi connectivity index (χ0) is 17.8. The Morgan fingerprint density at radius 2 is 2.20 bits per heavy atom. The number of nitrogens with zero attached hydrogens (tertiary/aromatic N) is 4. The Kier molecular flexibility index (Phi) is 4.56. The number of rotatable bonds is 5. The first-order valence-electron chi connectivity index (χ1n) is 7.69. The van der Waals surface area contributed by atoms with E-state index in [0.717, 1.165) is 16.6 Å². The minimum atomic E-state index is -0.326. The van der Waals surface area contributed by atoms with Gasteiger partial charge in [-0.05, 0) is 23.8 Å². The van der Waals surface area contributed by atoms with Crippen molar-refractivity contribution in [3.05, 3.63) is 60.5 Å². The maximum absolute atomic E-state index is 12.4. The summed E-state index contributed by atoms with van der Waals surface area (Å²) in [6.45, 7) is 4.04. The van der Waals surface area contributed by atoms with Crippen molar-refractivity contribution in [3.8, 4) is 0 Å². The van der Waals surface area contributed by atoms with Crippen LogP contribution < -0.4 is 11.1 Å².